The first-order valence-electron chi connectivity index (χ1n) is 16.2. The van der Waals surface area contributed by atoms with Crippen LogP contribution in [0.1, 0.15) is 49.3 Å². The van der Waals surface area contributed by atoms with E-state index in [1.807, 2.05) is 68.4 Å². The number of benzene rings is 4. The second-order valence-electron chi connectivity index (χ2n) is 12.0. The largest absolute Gasteiger partial charge is 0.494 e. The lowest BCUT2D eigenvalue weighted by molar-refractivity contribution is -0.140. The Bertz CT molecular complexity index is 1720. The lowest BCUT2D eigenvalue weighted by atomic mass is 10.0. The number of hydrogen-bond donors (Lipinski definition) is 1. The van der Waals surface area contributed by atoms with E-state index in [-0.39, 0.29) is 29.8 Å². The predicted molar refractivity (Wildman–Crippen MR) is 185 cm³/mol. The summed E-state index contributed by atoms with van der Waals surface area (Å²) in [7, 11) is -4.17. The Morgan fingerprint density at radius 3 is 2.13 bits per heavy atom. The molecule has 0 aliphatic heterocycles. The second-order valence-corrected chi connectivity index (χ2v) is 13.8. The van der Waals surface area contributed by atoms with Gasteiger partial charge in [0, 0.05) is 19.0 Å². The van der Waals surface area contributed by atoms with Crippen LogP contribution < -0.4 is 14.4 Å². The maximum Gasteiger partial charge on any atom is 0.264 e. The molecule has 1 fully saturated rings. The number of anilines is 1. The molecule has 1 unspecified atom stereocenters. The monoisotopic (exact) mass is 653 g/mol. The molecule has 1 aliphatic rings. The zero-order valence-corrected chi connectivity index (χ0v) is 27.9. The highest BCUT2D eigenvalue weighted by atomic mass is 32.2. The molecule has 1 atom stereocenters. The number of hydrogen-bond acceptors (Lipinski definition) is 5. The van der Waals surface area contributed by atoms with Crippen molar-refractivity contribution in [3.8, 4) is 5.75 Å². The zero-order valence-electron chi connectivity index (χ0n) is 27.0. The van der Waals surface area contributed by atoms with Crippen molar-refractivity contribution in [1.29, 1.82) is 0 Å². The van der Waals surface area contributed by atoms with Crippen molar-refractivity contribution in [3.63, 3.8) is 0 Å². The molecular weight excluding hydrogens is 611 g/mol. The van der Waals surface area contributed by atoms with Crippen LogP contribution in [0.3, 0.4) is 0 Å². The summed E-state index contributed by atoms with van der Waals surface area (Å²) in [5.41, 5.74) is 3.09. The van der Waals surface area contributed by atoms with Crippen molar-refractivity contribution in [2.24, 2.45) is 0 Å². The van der Waals surface area contributed by atoms with E-state index < -0.39 is 28.5 Å². The summed E-state index contributed by atoms with van der Waals surface area (Å²) in [4.78, 5) is 30.4. The molecule has 4 aromatic carbocycles. The van der Waals surface area contributed by atoms with Gasteiger partial charge in [-0.3, -0.25) is 13.9 Å². The molecule has 2 amide bonds. The molecule has 0 heterocycles. The Labute approximate surface area is 278 Å². The van der Waals surface area contributed by atoms with Crippen LogP contribution in [0.5, 0.6) is 5.75 Å². The highest BCUT2D eigenvalue weighted by Gasteiger charge is 2.35. The van der Waals surface area contributed by atoms with Gasteiger partial charge in [0.1, 0.15) is 18.3 Å². The van der Waals surface area contributed by atoms with Crippen LogP contribution in [0, 0.1) is 6.92 Å². The minimum Gasteiger partial charge on any atom is -0.494 e. The number of rotatable bonds is 14. The van der Waals surface area contributed by atoms with Crippen LogP contribution in [0.4, 0.5) is 5.69 Å². The highest BCUT2D eigenvalue weighted by Crippen LogP contribution is 2.27. The molecule has 4 aromatic rings. The van der Waals surface area contributed by atoms with Crippen LogP contribution in [-0.2, 0) is 32.6 Å². The third kappa shape index (κ3) is 8.80. The summed E-state index contributed by atoms with van der Waals surface area (Å²) in [6.07, 6.45) is 4.18. The van der Waals surface area contributed by atoms with E-state index in [9.17, 15) is 18.0 Å². The third-order valence-electron chi connectivity index (χ3n) is 8.45. The molecule has 1 saturated carbocycles. The maximum atomic E-state index is 14.7. The normalized spacial score (nSPS) is 13.9. The Hall–Kier alpha value is -4.63. The van der Waals surface area contributed by atoms with E-state index in [0.29, 0.717) is 18.0 Å². The van der Waals surface area contributed by atoms with Crippen LogP contribution in [0.25, 0.3) is 0 Å². The summed E-state index contributed by atoms with van der Waals surface area (Å²) in [5.74, 6) is -0.130. The molecule has 9 heteroatoms. The van der Waals surface area contributed by atoms with Gasteiger partial charge in [-0.25, -0.2) is 8.42 Å². The van der Waals surface area contributed by atoms with Crippen LogP contribution in [0.2, 0.25) is 0 Å². The lowest BCUT2D eigenvalue weighted by Gasteiger charge is -2.34. The molecule has 0 spiro atoms. The van der Waals surface area contributed by atoms with Gasteiger partial charge in [-0.1, -0.05) is 91.2 Å². The fourth-order valence-electron chi connectivity index (χ4n) is 6.05. The van der Waals surface area contributed by atoms with Crippen molar-refractivity contribution < 1.29 is 22.7 Å². The molecule has 1 N–H and O–H groups in total. The Morgan fingerprint density at radius 1 is 0.851 bits per heavy atom. The zero-order chi connectivity index (χ0) is 33.2. The van der Waals surface area contributed by atoms with E-state index in [2.05, 4.69) is 5.32 Å². The number of carbonyl (C=O) groups is 2. The Kier molecular flexibility index (Phi) is 11.3. The first-order valence-corrected chi connectivity index (χ1v) is 17.7. The van der Waals surface area contributed by atoms with Crippen molar-refractivity contribution >= 4 is 27.5 Å². The van der Waals surface area contributed by atoms with E-state index >= 15 is 0 Å². The van der Waals surface area contributed by atoms with E-state index in [4.69, 9.17) is 4.74 Å². The van der Waals surface area contributed by atoms with Crippen LogP contribution >= 0.6 is 0 Å². The summed E-state index contributed by atoms with van der Waals surface area (Å²) in [5, 5.41) is 3.21. The summed E-state index contributed by atoms with van der Waals surface area (Å²) < 4.78 is 35.1. The summed E-state index contributed by atoms with van der Waals surface area (Å²) >= 11 is 0. The topological polar surface area (TPSA) is 96.0 Å². The fraction of sp³-hybridized carbons (Fsp3) is 0.316. The Balaban J connectivity index is 1.56. The maximum absolute atomic E-state index is 14.7. The molecule has 0 saturated heterocycles. The van der Waals surface area contributed by atoms with Crippen molar-refractivity contribution in [2.45, 2.75) is 69.5 Å². The minimum atomic E-state index is -4.17. The van der Waals surface area contributed by atoms with Crippen LogP contribution in [-0.4, -0.2) is 50.4 Å². The number of aryl methyl sites for hydroxylation is 1. The fourth-order valence-corrected chi connectivity index (χ4v) is 7.49. The number of ether oxygens (including phenoxy) is 1. The minimum absolute atomic E-state index is 0.0514. The molecular formula is C38H43N3O5S. The smallest absolute Gasteiger partial charge is 0.264 e. The van der Waals surface area contributed by atoms with Crippen molar-refractivity contribution in [3.05, 3.63) is 126 Å². The average molecular weight is 654 g/mol. The second kappa shape index (κ2) is 15.8. The van der Waals surface area contributed by atoms with Gasteiger partial charge in [-0.2, -0.15) is 0 Å². The quantitative estimate of drug-likeness (QED) is 0.173. The standard InChI is InChI=1S/C38H43N3O5S/c1-3-46-34-23-21-33(22-24-34)41(47(44,45)35-19-8-5-9-20-35)28-37(42)40(27-31-16-12-13-29(2)25-31)36(26-30-14-6-4-7-15-30)38(43)39-32-17-10-11-18-32/h4-9,12-16,19-25,32,36H,3,10-11,17-18,26-28H2,1-2H3,(H,39,43). The molecule has 47 heavy (non-hydrogen) atoms. The molecule has 0 bridgehead atoms. The van der Waals surface area contributed by atoms with Crippen molar-refractivity contribution in [2.75, 3.05) is 17.5 Å². The number of nitrogens with zero attached hydrogens (tertiary/aromatic N) is 2. The molecule has 0 radical (unpaired) electrons. The van der Waals surface area contributed by atoms with Crippen LogP contribution in [0.15, 0.2) is 114 Å². The molecule has 8 nitrogen and oxygen atoms in total. The van der Waals surface area contributed by atoms with E-state index in [1.165, 1.54) is 12.1 Å². The molecule has 246 valence electrons. The lowest BCUT2D eigenvalue weighted by Crippen LogP contribution is -2.54. The third-order valence-corrected chi connectivity index (χ3v) is 10.2. The summed E-state index contributed by atoms with van der Waals surface area (Å²) in [6.45, 7) is 3.95. The SMILES string of the molecule is CCOc1ccc(N(CC(=O)N(Cc2cccc(C)c2)C(Cc2ccccc2)C(=O)NC2CCCC2)S(=O)(=O)c2ccccc2)cc1. The number of sulfonamides is 1. The van der Waals surface area contributed by atoms with Gasteiger partial charge in [0.2, 0.25) is 11.8 Å². The first-order chi connectivity index (χ1) is 22.7. The number of nitrogens with one attached hydrogen (secondary N) is 1. The number of amides is 2. The molecule has 5 rings (SSSR count). The van der Waals surface area contributed by atoms with Gasteiger partial charge in [-0.15, -0.1) is 0 Å². The van der Waals surface area contributed by atoms with Crippen molar-refractivity contribution in [1.82, 2.24) is 10.2 Å². The summed E-state index contributed by atoms with van der Waals surface area (Å²) in [6, 6.07) is 31.3. The number of carbonyl (C=O) groups excluding carboxylic acids is 2. The first kappa shape index (κ1) is 33.7. The van der Waals surface area contributed by atoms with Gasteiger partial charge < -0.3 is 15.0 Å². The highest BCUT2D eigenvalue weighted by molar-refractivity contribution is 7.92. The van der Waals surface area contributed by atoms with Gasteiger partial charge in [0.05, 0.1) is 17.2 Å². The van der Waals surface area contributed by atoms with Gasteiger partial charge in [0.25, 0.3) is 10.0 Å². The Morgan fingerprint density at radius 2 is 1.49 bits per heavy atom. The van der Waals surface area contributed by atoms with Gasteiger partial charge >= 0.3 is 0 Å². The predicted octanol–water partition coefficient (Wildman–Crippen LogP) is 6.29. The van der Waals surface area contributed by atoms with Gasteiger partial charge in [0.15, 0.2) is 0 Å². The van der Waals surface area contributed by atoms with E-state index in [0.717, 1.165) is 46.7 Å². The molecule has 1 aliphatic carbocycles. The average Bonchev–Trinajstić information content (AvgIpc) is 3.59. The molecule has 0 aromatic heterocycles. The van der Waals surface area contributed by atoms with E-state index in [1.54, 1.807) is 47.4 Å². The van der Waals surface area contributed by atoms with Gasteiger partial charge in [-0.05, 0) is 74.2 Å².